The molecule has 1 saturated heterocycles. The molecule has 146 valence electrons. The molecule has 4 rings (SSSR count). The molecule has 0 aromatic heterocycles. The third-order valence-corrected chi connectivity index (χ3v) is 6.96. The lowest BCUT2D eigenvalue weighted by molar-refractivity contribution is 0.122. The molecule has 1 aliphatic rings. The quantitative estimate of drug-likeness (QED) is 0.662. The number of ether oxygens (including phenoxy) is 1. The van der Waals surface area contributed by atoms with Gasteiger partial charge in [-0.15, -0.1) is 0 Å². The van der Waals surface area contributed by atoms with Gasteiger partial charge in [0.05, 0.1) is 18.1 Å². The first-order chi connectivity index (χ1) is 13.6. The third kappa shape index (κ3) is 3.76. The summed E-state index contributed by atoms with van der Waals surface area (Å²) in [5, 5.41) is 1.95. The van der Waals surface area contributed by atoms with E-state index in [1.807, 2.05) is 48.5 Å². The van der Waals surface area contributed by atoms with E-state index in [-0.39, 0.29) is 0 Å². The summed E-state index contributed by atoms with van der Waals surface area (Å²) < 4.78 is 33.2. The Hall–Kier alpha value is -2.41. The summed E-state index contributed by atoms with van der Waals surface area (Å²) in [6.45, 7) is 3.35. The molecule has 0 saturated carbocycles. The average Bonchev–Trinajstić information content (AvgIpc) is 2.74. The first kappa shape index (κ1) is 18.9. The molecule has 0 aliphatic carbocycles. The minimum absolute atomic E-state index is 0.317. The van der Waals surface area contributed by atoms with Crippen LogP contribution in [-0.4, -0.2) is 46.1 Å². The van der Waals surface area contributed by atoms with Gasteiger partial charge in [0.2, 0.25) is 10.0 Å². The number of hydrogen-bond acceptors (Lipinski definition) is 4. The lowest BCUT2D eigenvalue weighted by Gasteiger charge is -2.31. The van der Waals surface area contributed by atoms with E-state index in [1.165, 1.54) is 4.31 Å². The zero-order valence-corrected chi connectivity index (χ0v) is 16.7. The average molecular weight is 397 g/mol. The predicted octanol–water partition coefficient (Wildman–Crippen LogP) is 3.50. The smallest absolute Gasteiger partial charge is 0.243 e. The molecule has 0 N–H and O–H groups in total. The Balaban J connectivity index is 1.61. The monoisotopic (exact) mass is 396 g/mol. The molecule has 6 heteroatoms. The number of hydrogen-bond donors (Lipinski definition) is 0. The first-order valence-electron chi connectivity index (χ1n) is 9.41. The molecule has 1 heterocycles. The standard InChI is InChI=1S/C22H24N2O3S/c1-23(17-20-8-4-5-9-22(20)24-12-14-27-15-13-24)28(25,26)21-11-10-18-6-2-3-7-19(18)16-21/h2-11,16H,12-15,17H2,1H3. The maximum Gasteiger partial charge on any atom is 0.243 e. The minimum atomic E-state index is -3.59. The Labute approximate surface area is 166 Å². The molecule has 28 heavy (non-hydrogen) atoms. The van der Waals surface area contributed by atoms with Gasteiger partial charge in [0.15, 0.2) is 0 Å². The number of morpholine rings is 1. The SMILES string of the molecule is CN(Cc1ccccc1N1CCOCC1)S(=O)(=O)c1ccc2ccccc2c1. The third-order valence-electron chi connectivity index (χ3n) is 5.17. The fourth-order valence-electron chi connectivity index (χ4n) is 3.59. The Morgan fingerprint density at radius 2 is 1.61 bits per heavy atom. The van der Waals surface area contributed by atoms with Crippen LogP contribution < -0.4 is 4.90 Å². The van der Waals surface area contributed by atoms with Crippen LogP contribution in [-0.2, 0) is 21.3 Å². The van der Waals surface area contributed by atoms with E-state index >= 15 is 0 Å². The van der Waals surface area contributed by atoms with Crippen LogP contribution in [0.4, 0.5) is 5.69 Å². The van der Waals surface area contributed by atoms with E-state index in [0.29, 0.717) is 24.7 Å². The molecule has 0 amide bonds. The zero-order valence-electron chi connectivity index (χ0n) is 15.9. The second kappa shape index (κ2) is 7.91. The van der Waals surface area contributed by atoms with Crippen molar-refractivity contribution < 1.29 is 13.2 Å². The van der Waals surface area contributed by atoms with E-state index in [4.69, 9.17) is 4.74 Å². The molecule has 0 radical (unpaired) electrons. The highest BCUT2D eigenvalue weighted by Crippen LogP contribution is 2.26. The van der Waals surface area contributed by atoms with Gasteiger partial charge < -0.3 is 9.64 Å². The Kier molecular flexibility index (Phi) is 5.35. The second-order valence-electron chi connectivity index (χ2n) is 7.00. The van der Waals surface area contributed by atoms with E-state index in [9.17, 15) is 8.42 Å². The van der Waals surface area contributed by atoms with Gasteiger partial charge >= 0.3 is 0 Å². The van der Waals surface area contributed by atoms with Crippen molar-refractivity contribution in [2.45, 2.75) is 11.4 Å². The summed E-state index contributed by atoms with van der Waals surface area (Å²) in [6.07, 6.45) is 0. The van der Waals surface area contributed by atoms with Crippen LogP contribution in [0.5, 0.6) is 0 Å². The molecule has 3 aromatic rings. The largest absolute Gasteiger partial charge is 0.378 e. The molecule has 0 spiro atoms. The van der Waals surface area contributed by atoms with Crippen molar-refractivity contribution in [3.05, 3.63) is 72.3 Å². The van der Waals surface area contributed by atoms with Crippen LogP contribution >= 0.6 is 0 Å². The summed E-state index contributed by atoms with van der Waals surface area (Å²) in [4.78, 5) is 2.58. The maximum atomic E-state index is 13.2. The van der Waals surface area contributed by atoms with E-state index < -0.39 is 10.0 Å². The zero-order chi connectivity index (χ0) is 19.6. The van der Waals surface area contributed by atoms with Gasteiger partial charge in [-0.3, -0.25) is 0 Å². The molecule has 1 aliphatic heterocycles. The van der Waals surface area contributed by atoms with Crippen LogP contribution in [0.3, 0.4) is 0 Å². The van der Waals surface area contributed by atoms with Gasteiger partial charge in [-0.1, -0.05) is 48.5 Å². The number of benzene rings is 3. The molecular formula is C22H24N2O3S. The van der Waals surface area contributed by atoms with Gasteiger partial charge in [0.25, 0.3) is 0 Å². The van der Waals surface area contributed by atoms with Crippen molar-refractivity contribution >= 4 is 26.5 Å². The highest BCUT2D eigenvalue weighted by molar-refractivity contribution is 7.89. The highest BCUT2D eigenvalue weighted by atomic mass is 32.2. The van der Waals surface area contributed by atoms with Gasteiger partial charge in [-0.25, -0.2) is 8.42 Å². The number of para-hydroxylation sites is 1. The fraction of sp³-hybridized carbons (Fsp3) is 0.273. The van der Waals surface area contributed by atoms with Crippen molar-refractivity contribution in [3.63, 3.8) is 0 Å². The molecule has 0 unspecified atom stereocenters. The molecule has 0 bridgehead atoms. The van der Waals surface area contributed by atoms with Crippen molar-refractivity contribution in [3.8, 4) is 0 Å². The Morgan fingerprint density at radius 3 is 2.39 bits per heavy atom. The second-order valence-corrected chi connectivity index (χ2v) is 9.04. The Bertz CT molecular complexity index is 1080. The van der Waals surface area contributed by atoms with Gasteiger partial charge in [-0.2, -0.15) is 4.31 Å². The molecule has 3 aromatic carbocycles. The normalized spacial score (nSPS) is 15.3. The van der Waals surface area contributed by atoms with E-state index in [0.717, 1.165) is 35.1 Å². The molecule has 5 nitrogen and oxygen atoms in total. The van der Waals surface area contributed by atoms with Crippen molar-refractivity contribution in [2.24, 2.45) is 0 Å². The number of sulfonamides is 1. The first-order valence-corrected chi connectivity index (χ1v) is 10.9. The van der Waals surface area contributed by atoms with Crippen LogP contribution in [0.2, 0.25) is 0 Å². The van der Waals surface area contributed by atoms with Gasteiger partial charge in [0, 0.05) is 32.4 Å². The number of nitrogens with zero attached hydrogens (tertiary/aromatic N) is 2. The lowest BCUT2D eigenvalue weighted by Crippen LogP contribution is -2.37. The van der Waals surface area contributed by atoms with Gasteiger partial charge in [-0.05, 0) is 34.5 Å². The van der Waals surface area contributed by atoms with Crippen LogP contribution in [0.15, 0.2) is 71.6 Å². The fourth-order valence-corrected chi connectivity index (χ4v) is 4.77. The number of anilines is 1. The highest BCUT2D eigenvalue weighted by Gasteiger charge is 2.23. The van der Waals surface area contributed by atoms with Crippen molar-refractivity contribution in [1.29, 1.82) is 0 Å². The summed E-state index contributed by atoms with van der Waals surface area (Å²) in [5.74, 6) is 0. The van der Waals surface area contributed by atoms with Crippen LogP contribution in [0.25, 0.3) is 10.8 Å². The van der Waals surface area contributed by atoms with E-state index in [1.54, 1.807) is 19.2 Å². The lowest BCUT2D eigenvalue weighted by atomic mass is 10.1. The summed E-state index contributed by atoms with van der Waals surface area (Å²) in [6, 6.07) is 21.1. The molecule has 1 fully saturated rings. The molecule has 0 atom stereocenters. The summed E-state index contributed by atoms with van der Waals surface area (Å²) >= 11 is 0. The predicted molar refractivity (Wildman–Crippen MR) is 112 cm³/mol. The van der Waals surface area contributed by atoms with Crippen LogP contribution in [0, 0.1) is 0 Å². The Morgan fingerprint density at radius 1 is 0.929 bits per heavy atom. The minimum Gasteiger partial charge on any atom is -0.378 e. The number of fused-ring (bicyclic) bond motifs is 1. The van der Waals surface area contributed by atoms with Crippen LogP contribution in [0.1, 0.15) is 5.56 Å². The summed E-state index contributed by atoms with van der Waals surface area (Å²) in [5.41, 5.74) is 2.07. The van der Waals surface area contributed by atoms with Crippen molar-refractivity contribution in [2.75, 3.05) is 38.3 Å². The number of rotatable bonds is 5. The molecular weight excluding hydrogens is 372 g/mol. The van der Waals surface area contributed by atoms with E-state index in [2.05, 4.69) is 11.0 Å². The topological polar surface area (TPSA) is 49.9 Å². The van der Waals surface area contributed by atoms with Crippen molar-refractivity contribution in [1.82, 2.24) is 4.31 Å². The summed E-state index contributed by atoms with van der Waals surface area (Å²) in [7, 11) is -1.95. The maximum absolute atomic E-state index is 13.2. The van der Waals surface area contributed by atoms with Gasteiger partial charge in [0.1, 0.15) is 0 Å².